The topological polar surface area (TPSA) is 52.6 Å². The zero-order chi connectivity index (χ0) is 12.8. The third kappa shape index (κ3) is 4.04. The quantitative estimate of drug-likeness (QED) is 0.806. The van der Waals surface area contributed by atoms with Gasteiger partial charge in [-0.1, -0.05) is 12.1 Å². The van der Waals surface area contributed by atoms with E-state index in [1.165, 1.54) is 25.9 Å². The maximum atomic E-state index is 10.6. The summed E-state index contributed by atoms with van der Waals surface area (Å²) < 4.78 is 0. The molecule has 1 heterocycles. The first-order valence-corrected chi connectivity index (χ1v) is 6.51. The summed E-state index contributed by atoms with van der Waals surface area (Å²) in [6, 6.07) is 7.63. The highest BCUT2D eigenvalue weighted by Gasteiger charge is 2.10. The number of carboxylic acid groups (broad SMARTS) is 1. The Morgan fingerprint density at radius 1 is 1.22 bits per heavy atom. The van der Waals surface area contributed by atoms with Gasteiger partial charge in [-0.3, -0.25) is 4.79 Å². The molecule has 0 radical (unpaired) electrons. The number of hydrogen-bond acceptors (Lipinski definition) is 3. The van der Waals surface area contributed by atoms with E-state index >= 15 is 0 Å². The predicted octanol–water partition coefficient (Wildman–Crippen LogP) is 1.82. The van der Waals surface area contributed by atoms with Crippen molar-refractivity contribution in [3.8, 4) is 0 Å². The number of carbonyl (C=O) groups is 1. The highest BCUT2D eigenvalue weighted by atomic mass is 16.4. The first-order valence-electron chi connectivity index (χ1n) is 6.51. The van der Waals surface area contributed by atoms with Gasteiger partial charge in [-0.15, -0.1) is 0 Å². The number of benzene rings is 1. The lowest BCUT2D eigenvalue weighted by Gasteiger charge is -2.15. The molecule has 0 atom stereocenters. The molecule has 0 aliphatic carbocycles. The van der Waals surface area contributed by atoms with Crippen LogP contribution >= 0.6 is 0 Å². The van der Waals surface area contributed by atoms with Gasteiger partial charge in [0.2, 0.25) is 0 Å². The fourth-order valence-corrected chi connectivity index (χ4v) is 2.28. The second-order valence-corrected chi connectivity index (χ2v) is 4.74. The summed E-state index contributed by atoms with van der Waals surface area (Å²) in [6.45, 7) is 4.47. The van der Waals surface area contributed by atoms with Crippen LogP contribution in [0.1, 0.15) is 18.4 Å². The van der Waals surface area contributed by atoms with E-state index in [1.54, 1.807) is 0 Å². The van der Waals surface area contributed by atoms with Crippen LogP contribution < -0.4 is 5.32 Å². The van der Waals surface area contributed by atoms with Crippen LogP contribution in [0.15, 0.2) is 24.3 Å². The minimum Gasteiger partial charge on any atom is -0.481 e. The summed E-state index contributed by atoms with van der Waals surface area (Å²) in [4.78, 5) is 13.0. The molecule has 0 bridgehead atoms. The molecular weight excluding hydrogens is 228 g/mol. The van der Waals surface area contributed by atoms with Gasteiger partial charge in [-0.2, -0.15) is 0 Å². The van der Waals surface area contributed by atoms with Crippen LogP contribution in [0.2, 0.25) is 0 Å². The van der Waals surface area contributed by atoms with E-state index in [0.29, 0.717) is 0 Å². The Labute approximate surface area is 108 Å². The standard InChI is InChI=1S/C14H20N2O2/c17-14(18)11-12-3-5-13(6-4-12)15-7-10-16-8-1-2-9-16/h3-6,15H,1-2,7-11H2,(H,17,18). The second-order valence-electron chi connectivity index (χ2n) is 4.74. The first kappa shape index (κ1) is 12.9. The van der Waals surface area contributed by atoms with Gasteiger partial charge in [-0.05, 0) is 43.6 Å². The molecule has 4 nitrogen and oxygen atoms in total. The molecule has 2 N–H and O–H groups in total. The fraction of sp³-hybridized carbons (Fsp3) is 0.500. The number of likely N-dealkylation sites (tertiary alicyclic amines) is 1. The van der Waals surface area contributed by atoms with Gasteiger partial charge in [0.05, 0.1) is 6.42 Å². The SMILES string of the molecule is O=C(O)Cc1ccc(NCCN2CCCC2)cc1. The highest BCUT2D eigenvalue weighted by molar-refractivity contribution is 5.70. The number of rotatable bonds is 6. The Morgan fingerprint density at radius 2 is 1.89 bits per heavy atom. The maximum Gasteiger partial charge on any atom is 0.307 e. The Hall–Kier alpha value is -1.55. The number of carboxylic acids is 1. The maximum absolute atomic E-state index is 10.6. The van der Waals surface area contributed by atoms with E-state index in [9.17, 15) is 4.79 Å². The average Bonchev–Trinajstić information content (AvgIpc) is 2.84. The normalized spacial score (nSPS) is 15.8. The van der Waals surface area contributed by atoms with Crippen molar-refractivity contribution in [2.45, 2.75) is 19.3 Å². The summed E-state index contributed by atoms with van der Waals surface area (Å²) in [6.07, 6.45) is 2.74. The molecule has 0 unspecified atom stereocenters. The Balaban J connectivity index is 1.73. The molecule has 0 spiro atoms. The fourth-order valence-electron chi connectivity index (χ4n) is 2.28. The van der Waals surface area contributed by atoms with Gasteiger partial charge in [0.1, 0.15) is 0 Å². The highest BCUT2D eigenvalue weighted by Crippen LogP contribution is 2.11. The molecule has 0 aromatic heterocycles. The monoisotopic (exact) mass is 248 g/mol. The molecular formula is C14H20N2O2. The molecule has 1 aliphatic rings. The van der Waals surface area contributed by atoms with Crippen molar-refractivity contribution < 1.29 is 9.90 Å². The summed E-state index contributed by atoms with van der Waals surface area (Å²) in [7, 11) is 0. The van der Waals surface area contributed by atoms with Crippen LogP contribution in [-0.2, 0) is 11.2 Å². The number of nitrogens with one attached hydrogen (secondary N) is 1. The zero-order valence-corrected chi connectivity index (χ0v) is 10.6. The summed E-state index contributed by atoms with van der Waals surface area (Å²) >= 11 is 0. The van der Waals surface area contributed by atoms with Crippen LogP contribution in [0.3, 0.4) is 0 Å². The van der Waals surface area contributed by atoms with E-state index in [1.807, 2.05) is 24.3 Å². The number of anilines is 1. The lowest BCUT2D eigenvalue weighted by atomic mass is 10.1. The Kier molecular flexibility index (Phi) is 4.59. The third-order valence-corrected chi connectivity index (χ3v) is 3.27. The van der Waals surface area contributed by atoms with Crippen LogP contribution in [0.5, 0.6) is 0 Å². The number of aliphatic carboxylic acids is 1. The second kappa shape index (κ2) is 6.40. The molecule has 1 aliphatic heterocycles. The van der Waals surface area contributed by atoms with Crippen molar-refractivity contribution in [1.29, 1.82) is 0 Å². The lowest BCUT2D eigenvalue weighted by molar-refractivity contribution is -0.136. The average molecular weight is 248 g/mol. The molecule has 4 heteroatoms. The molecule has 0 amide bonds. The smallest absolute Gasteiger partial charge is 0.307 e. The van der Waals surface area contributed by atoms with Crippen LogP contribution in [0.4, 0.5) is 5.69 Å². The van der Waals surface area contributed by atoms with E-state index in [4.69, 9.17) is 5.11 Å². The van der Waals surface area contributed by atoms with Crippen LogP contribution in [-0.4, -0.2) is 42.2 Å². The van der Waals surface area contributed by atoms with Gasteiger partial charge in [-0.25, -0.2) is 0 Å². The summed E-state index contributed by atoms with van der Waals surface area (Å²) in [5.74, 6) is -0.787. The molecule has 1 aromatic rings. The Bertz CT molecular complexity index is 383. The van der Waals surface area contributed by atoms with Crippen molar-refractivity contribution in [1.82, 2.24) is 4.90 Å². The molecule has 2 rings (SSSR count). The van der Waals surface area contributed by atoms with Crippen molar-refractivity contribution in [3.63, 3.8) is 0 Å². The minimum absolute atomic E-state index is 0.0913. The summed E-state index contributed by atoms with van der Waals surface area (Å²) in [5, 5.41) is 12.0. The lowest BCUT2D eigenvalue weighted by Crippen LogP contribution is -2.25. The largest absolute Gasteiger partial charge is 0.481 e. The van der Waals surface area contributed by atoms with Gasteiger partial charge in [0, 0.05) is 18.8 Å². The summed E-state index contributed by atoms with van der Waals surface area (Å²) in [5.41, 5.74) is 1.90. The first-order chi connectivity index (χ1) is 8.74. The van der Waals surface area contributed by atoms with Crippen molar-refractivity contribution >= 4 is 11.7 Å². The number of nitrogens with zero attached hydrogens (tertiary/aromatic N) is 1. The number of hydrogen-bond donors (Lipinski definition) is 2. The minimum atomic E-state index is -0.787. The molecule has 0 saturated carbocycles. The Morgan fingerprint density at radius 3 is 2.50 bits per heavy atom. The van der Waals surface area contributed by atoms with Crippen molar-refractivity contribution in [3.05, 3.63) is 29.8 Å². The third-order valence-electron chi connectivity index (χ3n) is 3.27. The molecule has 1 aromatic carbocycles. The van der Waals surface area contributed by atoms with E-state index in [0.717, 1.165) is 24.3 Å². The van der Waals surface area contributed by atoms with Crippen molar-refractivity contribution in [2.24, 2.45) is 0 Å². The van der Waals surface area contributed by atoms with Crippen LogP contribution in [0, 0.1) is 0 Å². The van der Waals surface area contributed by atoms with Crippen molar-refractivity contribution in [2.75, 3.05) is 31.5 Å². The molecule has 98 valence electrons. The van der Waals surface area contributed by atoms with Gasteiger partial charge in [0.15, 0.2) is 0 Å². The molecule has 1 fully saturated rings. The van der Waals surface area contributed by atoms with E-state index < -0.39 is 5.97 Å². The van der Waals surface area contributed by atoms with E-state index in [2.05, 4.69) is 10.2 Å². The van der Waals surface area contributed by atoms with Gasteiger partial charge in [0.25, 0.3) is 0 Å². The predicted molar refractivity (Wildman–Crippen MR) is 71.9 cm³/mol. The van der Waals surface area contributed by atoms with E-state index in [-0.39, 0.29) is 6.42 Å². The molecule has 1 saturated heterocycles. The zero-order valence-electron chi connectivity index (χ0n) is 10.6. The van der Waals surface area contributed by atoms with Gasteiger partial charge >= 0.3 is 5.97 Å². The van der Waals surface area contributed by atoms with Crippen LogP contribution in [0.25, 0.3) is 0 Å². The van der Waals surface area contributed by atoms with Gasteiger partial charge < -0.3 is 15.3 Å². The molecule has 18 heavy (non-hydrogen) atoms.